The summed E-state index contributed by atoms with van der Waals surface area (Å²) in [5.41, 5.74) is 15.5. The topological polar surface area (TPSA) is 194 Å². The van der Waals surface area contributed by atoms with Crippen LogP contribution >= 0.6 is 0 Å². The van der Waals surface area contributed by atoms with Crippen LogP contribution in [0.2, 0.25) is 0 Å². The number of nitrogens with one attached hydrogen (secondary N) is 3. The molecule has 0 radical (unpaired) electrons. The van der Waals surface area contributed by atoms with E-state index >= 15 is 0 Å². The monoisotopic (exact) mass is 625 g/mol. The van der Waals surface area contributed by atoms with Gasteiger partial charge in [-0.15, -0.1) is 0 Å². The van der Waals surface area contributed by atoms with Gasteiger partial charge in [0.2, 0.25) is 5.91 Å². The number of nitrogens with zero attached hydrogens (tertiary/aromatic N) is 2. The zero-order chi connectivity index (χ0) is 33.6. The third kappa shape index (κ3) is 9.29. The third-order valence-corrected chi connectivity index (χ3v) is 6.83. The summed E-state index contributed by atoms with van der Waals surface area (Å²) in [4.78, 5) is 49.5. The molecule has 1 unspecified atom stereocenters. The fourth-order valence-corrected chi connectivity index (χ4v) is 4.86. The van der Waals surface area contributed by atoms with Gasteiger partial charge in [-0.1, -0.05) is 54.6 Å². The van der Waals surface area contributed by atoms with Gasteiger partial charge in [0.25, 0.3) is 5.91 Å². The summed E-state index contributed by atoms with van der Waals surface area (Å²) < 4.78 is 2.06. The Morgan fingerprint density at radius 3 is 2.20 bits per heavy atom. The van der Waals surface area contributed by atoms with Crippen LogP contribution in [-0.4, -0.2) is 59.3 Å². The maximum absolute atomic E-state index is 13.4. The van der Waals surface area contributed by atoms with E-state index in [4.69, 9.17) is 11.5 Å². The Balaban J connectivity index is 0.000000349. The molecule has 0 bridgehead atoms. The first-order valence-corrected chi connectivity index (χ1v) is 14.5. The van der Waals surface area contributed by atoms with Gasteiger partial charge in [-0.25, -0.2) is 4.79 Å². The molecule has 1 aromatic heterocycles. The van der Waals surface area contributed by atoms with Crippen molar-refractivity contribution in [2.24, 2.45) is 16.5 Å². The zero-order valence-electron chi connectivity index (χ0n) is 26.0. The number of guanidine groups is 1. The number of aromatic carboxylic acids is 1. The molecule has 1 heterocycles. The molecule has 0 aliphatic rings. The van der Waals surface area contributed by atoms with Crippen LogP contribution in [0.5, 0.6) is 0 Å². The van der Waals surface area contributed by atoms with Crippen LogP contribution in [0.25, 0.3) is 16.9 Å². The third-order valence-electron chi connectivity index (χ3n) is 6.83. The number of carboxylic acids is 1. The second kappa shape index (κ2) is 16.8. The number of hydrogen-bond donors (Lipinski definition) is 6. The van der Waals surface area contributed by atoms with Crippen LogP contribution in [0.4, 0.5) is 11.4 Å². The highest BCUT2D eigenvalue weighted by atomic mass is 16.4. The molecule has 4 aromatic rings. The van der Waals surface area contributed by atoms with Crippen LogP contribution in [0.15, 0.2) is 89.9 Å². The molecule has 1 atom stereocenters. The predicted molar refractivity (Wildman–Crippen MR) is 180 cm³/mol. The van der Waals surface area contributed by atoms with Gasteiger partial charge in [0.1, 0.15) is 6.29 Å². The fourth-order valence-electron chi connectivity index (χ4n) is 4.86. The Bertz CT molecular complexity index is 1680. The molecular weight excluding hydrogens is 586 g/mol. The van der Waals surface area contributed by atoms with Crippen molar-refractivity contribution in [3.05, 3.63) is 102 Å². The second-order valence-corrected chi connectivity index (χ2v) is 10.2. The molecule has 0 saturated carbocycles. The Hall–Kier alpha value is -5.91. The number of nitrogens with two attached hydrogens (primary N) is 2. The number of anilines is 2. The Kier molecular flexibility index (Phi) is 12.6. The lowest BCUT2D eigenvalue weighted by Crippen LogP contribution is -2.34. The Morgan fingerprint density at radius 2 is 1.63 bits per heavy atom. The highest BCUT2D eigenvalue weighted by Gasteiger charge is 2.26. The minimum atomic E-state index is -1.05. The lowest BCUT2D eigenvalue weighted by atomic mass is 10.1. The summed E-state index contributed by atoms with van der Waals surface area (Å²) in [6.45, 7) is 3.74. The molecule has 0 spiro atoms. The van der Waals surface area contributed by atoms with Crippen molar-refractivity contribution < 1.29 is 24.3 Å². The summed E-state index contributed by atoms with van der Waals surface area (Å²) in [5.74, 6) is -1.55. The van der Waals surface area contributed by atoms with Gasteiger partial charge in [-0.2, -0.15) is 0 Å². The van der Waals surface area contributed by atoms with Gasteiger partial charge < -0.3 is 41.9 Å². The maximum atomic E-state index is 13.4. The predicted octanol–water partition coefficient (Wildman–Crippen LogP) is 4.19. The average Bonchev–Trinajstić information content (AvgIpc) is 3.35. The van der Waals surface area contributed by atoms with Gasteiger partial charge in [0.15, 0.2) is 5.96 Å². The van der Waals surface area contributed by atoms with Gasteiger partial charge in [-0.05, 0) is 50.1 Å². The van der Waals surface area contributed by atoms with Crippen molar-refractivity contribution in [3.63, 3.8) is 0 Å². The summed E-state index contributed by atoms with van der Waals surface area (Å²) in [5, 5.41) is 17.8. The number of benzene rings is 3. The van der Waals surface area contributed by atoms with Crippen LogP contribution in [0.1, 0.15) is 46.2 Å². The number of aldehydes is 1. The van der Waals surface area contributed by atoms with E-state index in [9.17, 15) is 24.3 Å². The average molecular weight is 626 g/mol. The molecule has 0 saturated heterocycles. The Morgan fingerprint density at radius 1 is 0.978 bits per heavy atom. The van der Waals surface area contributed by atoms with Gasteiger partial charge in [0, 0.05) is 43.1 Å². The number of hydrogen-bond acceptors (Lipinski definition) is 6. The number of aromatic nitrogens is 1. The van der Waals surface area contributed by atoms with E-state index in [0.29, 0.717) is 42.6 Å². The largest absolute Gasteiger partial charge is 0.478 e. The molecule has 46 heavy (non-hydrogen) atoms. The standard InChI is InChI=1S/C26H23N3O3.C8H16N4O2/c1-17-22(25(30)28-20-13-9-12-19(16-20)26(31)32)23(27-2)24(18-10-5-3-6-11-18)29(17)21-14-7-4-8-15-21;1-6(14)12-7(5-13)3-2-4-11-8(9)10/h3-16,27H,1-2H3,(H,28,30)(H,31,32);5,7H,2-4H2,1H3,(H,12,14)(H4,9,10,11). The van der Waals surface area contributed by atoms with Gasteiger partial charge in [-0.3, -0.25) is 14.6 Å². The van der Waals surface area contributed by atoms with Crippen LogP contribution in [0.3, 0.4) is 0 Å². The van der Waals surface area contributed by atoms with E-state index in [2.05, 4.69) is 25.5 Å². The minimum absolute atomic E-state index is 0.0344. The molecule has 8 N–H and O–H groups in total. The molecule has 0 aliphatic heterocycles. The fraction of sp³-hybridized carbons (Fsp3) is 0.206. The van der Waals surface area contributed by atoms with Gasteiger partial charge in [0.05, 0.1) is 28.6 Å². The molecule has 3 aromatic carbocycles. The molecule has 12 nitrogen and oxygen atoms in total. The number of rotatable bonds is 12. The quantitative estimate of drug-likeness (QED) is 0.0584. The zero-order valence-corrected chi connectivity index (χ0v) is 26.0. The molecule has 240 valence electrons. The molecular formula is C34H39N7O5. The second-order valence-electron chi connectivity index (χ2n) is 10.2. The number of carbonyl (C=O) groups excluding carboxylic acids is 3. The van der Waals surface area contributed by atoms with Crippen LogP contribution in [-0.2, 0) is 9.59 Å². The summed E-state index contributed by atoms with van der Waals surface area (Å²) in [6, 6.07) is 25.5. The van der Waals surface area contributed by atoms with E-state index < -0.39 is 12.0 Å². The summed E-state index contributed by atoms with van der Waals surface area (Å²) in [6.07, 6.45) is 1.90. The normalized spacial score (nSPS) is 10.8. The highest BCUT2D eigenvalue weighted by molar-refractivity contribution is 6.12. The van der Waals surface area contributed by atoms with Crippen molar-refractivity contribution >= 4 is 41.4 Å². The van der Waals surface area contributed by atoms with Crippen molar-refractivity contribution in [1.29, 1.82) is 0 Å². The van der Waals surface area contributed by atoms with Crippen molar-refractivity contribution in [2.45, 2.75) is 32.7 Å². The first-order chi connectivity index (χ1) is 22.1. The first kappa shape index (κ1) is 34.6. The van der Waals surface area contributed by atoms with E-state index in [1.54, 1.807) is 19.2 Å². The molecule has 4 rings (SSSR count). The molecule has 0 fully saturated rings. The molecule has 0 aliphatic carbocycles. The van der Waals surface area contributed by atoms with Gasteiger partial charge >= 0.3 is 5.97 Å². The minimum Gasteiger partial charge on any atom is -0.478 e. The number of amides is 2. The highest BCUT2D eigenvalue weighted by Crippen LogP contribution is 2.38. The smallest absolute Gasteiger partial charge is 0.335 e. The molecule has 2 amide bonds. The van der Waals surface area contributed by atoms with E-state index in [-0.39, 0.29) is 23.3 Å². The summed E-state index contributed by atoms with van der Waals surface area (Å²) >= 11 is 0. The number of aliphatic imine (C=N–C) groups is 1. The number of carbonyl (C=O) groups is 4. The lowest BCUT2D eigenvalue weighted by Gasteiger charge is -2.13. The maximum Gasteiger partial charge on any atom is 0.335 e. The summed E-state index contributed by atoms with van der Waals surface area (Å²) in [7, 11) is 1.79. The van der Waals surface area contributed by atoms with Crippen molar-refractivity contribution in [1.82, 2.24) is 9.88 Å². The lowest BCUT2D eigenvalue weighted by molar-refractivity contribution is -0.122. The molecule has 12 heteroatoms. The van der Waals surface area contributed by atoms with Crippen molar-refractivity contribution in [3.8, 4) is 16.9 Å². The van der Waals surface area contributed by atoms with Crippen molar-refractivity contribution in [2.75, 3.05) is 24.2 Å². The SMILES string of the molecule is CC(=O)NC(C=O)CCCN=C(N)N.CNc1c(C(=O)Nc2cccc(C(=O)O)c2)c(C)n(-c2ccccc2)c1-c1ccccc1. The van der Waals surface area contributed by atoms with E-state index in [1.807, 2.05) is 67.6 Å². The van der Waals surface area contributed by atoms with Crippen LogP contribution < -0.4 is 27.4 Å². The van der Waals surface area contributed by atoms with E-state index in [1.165, 1.54) is 19.1 Å². The van der Waals surface area contributed by atoms with E-state index in [0.717, 1.165) is 22.6 Å². The Labute approximate surface area is 267 Å². The number of carboxylic acid groups (broad SMARTS) is 1. The van der Waals surface area contributed by atoms with Crippen LogP contribution in [0, 0.1) is 6.92 Å². The number of para-hydroxylation sites is 1. The first-order valence-electron chi connectivity index (χ1n) is 14.5.